The van der Waals surface area contributed by atoms with E-state index in [0.717, 1.165) is 99.4 Å². The maximum Gasteiger partial charge on any atom is 0.337 e. The van der Waals surface area contributed by atoms with Crippen LogP contribution in [0.1, 0.15) is 157 Å². The summed E-state index contributed by atoms with van der Waals surface area (Å²) in [6.07, 6.45) is 2.35. The summed E-state index contributed by atoms with van der Waals surface area (Å²) in [7, 11) is 2.62. The first-order valence-electron chi connectivity index (χ1n) is 27.1. The second kappa shape index (κ2) is 26.7. The van der Waals surface area contributed by atoms with Crippen molar-refractivity contribution < 1.29 is 62.0 Å². The minimum Gasteiger partial charge on any atom is -0.469 e. The van der Waals surface area contributed by atoms with E-state index in [0.29, 0.717) is 29.7 Å². The van der Waals surface area contributed by atoms with Gasteiger partial charge in [0.15, 0.2) is 5.78 Å². The standard InChI is InChI=1S/C32H38N2O5.C14H16O3.C9H9NO.C9H16O4/c1-17-13-18(2)26(19(3)14-17)25-15-23-28(31(36)39-25)27(21-9-8-10-22-20(21)11-12-33-22)29(30(35)37-7)24(34-23)16-38-32(4,5)6;1-8-4-9(2)14(10(3)5-8)12-6-11(15)7-13(16)17-12;11-6-7-2-1-3-9-8(7)4-5-10-9;1-9(2,3)13-6-7(10)5-8(11)12-4/h8-10,13-14,25,27,33-34H,11-12,15-16H2,1-7H3;4-5,12H,6-7H2,1-3H3;1-3,6,10H,4-5H2;5-6H2,1-4H3. The highest BCUT2D eigenvalue weighted by atomic mass is 16.6. The van der Waals surface area contributed by atoms with E-state index in [9.17, 15) is 33.6 Å². The number of ether oxygens (including phenoxy) is 6. The lowest BCUT2D eigenvalue weighted by atomic mass is 9.76. The second-order valence-corrected chi connectivity index (χ2v) is 22.8. The fourth-order valence-corrected chi connectivity index (χ4v) is 10.8. The Hall–Kier alpha value is -7.43. The molecule has 3 unspecified atom stereocenters. The third kappa shape index (κ3) is 15.9. The van der Waals surface area contributed by atoms with Crippen LogP contribution in [0.15, 0.2) is 83.2 Å². The molecule has 80 heavy (non-hydrogen) atoms. The van der Waals surface area contributed by atoms with Gasteiger partial charge in [-0.05, 0) is 158 Å². The lowest BCUT2D eigenvalue weighted by Gasteiger charge is -2.38. The molecule has 1 fully saturated rings. The molecule has 4 aromatic rings. The fourth-order valence-electron chi connectivity index (χ4n) is 10.8. The van der Waals surface area contributed by atoms with E-state index in [1.54, 1.807) is 0 Å². The van der Waals surface area contributed by atoms with Crippen LogP contribution in [0, 0.1) is 41.5 Å². The summed E-state index contributed by atoms with van der Waals surface area (Å²) in [6.45, 7) is 25.5. The van der Waals surface area contributed by atoms with Crippen molar-refractivity contribution in [2.24, 2.45) is 0 Å². The molecule has 1 saturated heterocycles. The number of carbonyl (C=O) groups excluding carboxylic acids is 7. The Balaban J connectivity index is 0.000000205. The van der Waals surface area contributed by atoms with Crippen molar-refractivity contribution in [1.82, 2.24) is 5.32 Å². The van der Waals surface area contributed by atoms with E-state index < -0.39 is 47.6 Å². The largest absolute Gasteiger partial charge is 0.469 e. The molecule has 0 bridgehead atoms. The van der Waals surface area contributed by atoms with Crippen LogP contribution in [0.4, 0.5) is 11.4 Å². The van der Waals surface area contributed by atoms with Gasteiger partial charge in [0.2, 0.25) is 0 Å². The van der Waals surface area contributed by atoms with Crippen LogP contribution in [0.25, 0.3) is 0 Å². The number of hydrogen-bond acceptors (Lipinski definition) is 16. The summed E-state index contributed by atoms with van der Waals surface area (Å²) in [5, 5.41) is 10.1. The van der Waals surface area contributed by atoms with Gasteiger partial charge in [0, 0.05) is 48.6 Å². The Morgan fingerprint density at radius 3 is 1.75 bits per heavy atom. The van der Waals surface area contributed by atoms with Gasteiger partial charge in [-0.2, -0.15) is 0 Å². The lowest BCUT2D eigenvalue weighted by Crippen LogP contribution is -2.39. The molecule has 16 heteroatoms. The minimum atomic E-state index is -0.629. The van der Waals surface area contributed by atoms with Gasteiger partial charge >= 0.3 is 23.9 Å². The van der Waals surface area contributed by atoms with Crippen molar-refractivity contribution in [3.63, 3.8) is 0 Å². The zero-order valence-electron chi connectivity index (χ0n) is 49.0. The molecule has 0 aliphatic carbocycles. The molecular weight excluding hydrogens is 1020 g/mol. The van der Waals surface area contributed by atoms with Crippen molar-refractivity contribution in [1.29, 1.82) is 0 Å². The minimum absolute atomic E-state index is 0.0365. The predicted molar refractivity (Wildman–Crippen MR) is 305 cm³/mol. The van der Waals surface area contributed by atoms with Gasteiger partial charge in [-0.15, -0.1) is 0 Å². The van der Waals surface area contributed by atoms with E-state index in [1.807, 2.05) is 98.7 Å². The van der Waals surface area contributed by atoms with E-state index in [2.05, 4.69) is 65.7 Å². The molecule has 16 nitrogen and oxygen atoms in total. The monoisotopic (exact) mass is 1100 g/mol. The normalized spacial score (nSPS) is 18.1. The fraction of sp³-hybridized carbons (Fsp3) is 0.453. The van der Waals surface area contributed by atoms with Gasteiger partial charge in [-0.3, -0.25) is 24.0 Å². The van der Waals surface area contributed by atoms with Gasteiger partial charge in [-0.25, -0.2) is 9.59 Å². The van der Waals surface area contributed by atoms with Gasteiger partial charge < -0.3 is 44.4 Å². The van der Waals surface area contributed by atoms with Crippen LogP contribution in [0.2, 0.25) is 0 Å². The summed E-state index contributed by atoms with van der Waals surface area (Å²) in [6, 6.07) is 20.1. The summed E-state index contributed by atoms with van der Waals surface area (Å²) in [5.74, 6) is -2.77. The molecule has 5 heterocycles. The molecule has 0 amide bonds. The Bertz CT molecular complexity index is 3040. The third-order valence-corrected chi connectivity index (χ3v) is 14.1. The number of methoxy groups -OCH3 is 2. The quantitative estimate of drug-likeness (QED) is 0.0552. The smallest absolute Gasteiger partial charge is 0.337 e. The average molecular weight is 1100 g/mol. The van der Waals surface area contributed by atoms with Gasteiger partial charge in [-0.1, -0.05) is 59.7 Å². The van der Waals surface area contributed by atoms with E-state index in [4.69, 9.17) is 23.7 Å². The number of cyclic esters (lactones) is 2. The number of hydrogen-bond donors (Lipinski definition) is 3. The highest BCUT2D eigenvalue weighted by molar-refractivity contribution is 6.01. The highest BCUT2D eigenvalue weighted by Crippen LogP contribution is 2.48. The molecule has 0 radical (unpaired) electrons. The number of fused-ring (bicyclic) bond motifs is 2. The molecule has 428 valence electrons. The SMILES string of the molecule is COC(=O)C1=C(COC(C)(C)C)NC2=C(C(=O)OC(c3c(C)cc(C)cc3C)C2)C1c1cccc2c1CCN2.COC(=O)CC(=O)COC(C)(C)C.Cc1cc(C)c(C2CC(=O)CC(=O)O2)c(C)c1.O=Cc1cccc2c1CCN2. The number of nitrogens with one attached hydrogen (secondary N) is 3. The maximum atomic E-state index is 13.9. The molecule has 5 aliphatic rings. The Labute approximate surface area is 470 Å². The van der Waals surface area contributed by atoms with Crippen LogP contribution in [-0.2, 0) is 70.0 Å². The predicted octanol–water partition coefficient (Wildman–Crippen LogP) is 10.4. The zero-order chi connectivity index (χ0) is 58.8. The number of anilines is 2. The van der Waals surface area contributed by atoms with Gasteiger partial charge in [0.1, 0.15) is 43.7 Å². The first kappa shape index (κ1) is 61.8. The Morgan fingerprint density at radius 1 is 0.688 bits per heavy atom. The molecular formula is C64H79N3O13. The number of carbonyl (C=O) groups is 7. The van der Waals surface area contributed by atoms with Crippen molar-refractivity contribution in [3.8, 4) is 0 Å². The number of benzene rings is 4. The number of aldehydes is 1. The molecule has 4 aromatic carbocycles. The first-order valence-corrected chi connectivity index (χ1v) is 27.1. The van der Waals surface area contributed by atoms with Gasteiger partial charge in [0.25, 0.3) is 0 Å². The first-order chi connectivity index (χ1) is 37.7. The van der Waals surface area contributed by atoms with E-state index in [1.165, 1.54) is 30.9 Å². The van der Waals surface area contributed by atoms with Crippen molar-refractivity contribution >= 4 is 53.1 Å². The van der Waals surface area contributed by atoms with Crippen LogP contribution >= 0.6 is 0 Å². The van der Waals surface area contributed by atoms with Crippen LogP contribution in [-0.4, -0.2) is 93.5 Å². The number of esters is 4. The lowest BCUT2D eigenvalue weighted by molar-refractivity contribution is -0.158. The van der Waals surface area contributed by atoms with Crippen LogP contribution in [0.5, 0.6) is 0 Å². The molecule has 3 atom stereocenters. The summed E-state index contributed by atoms with van der Waals surface area (Å²) in [5.41, 5.74) is 16.3. The number of ketones is 2. The molecule has 0 saturated carbocycles. The highest BCUT2D eigenvalue weighted by Gasteiger charge is 2.45. The second-order valence-electron chi connectivity index (χ2n) is 22.8. The zero-order valence-corrected chi connectivity index (χ0v) is 49.0. The number of dihydropyridines is 1. The summed E-state index contributed by atoms with van der Waals surface area (Å²) >= 11 is 0. The van der Waals surface area contributed by atoms with Crippen molar-refractivity contribution in [3.05, 3.63) is 150 Å². The van der Waals surface area contributed by atoms with E-state index in [-0.39, 0.29) is 43.2 Å². The van der Waals surface area contributed by atoms with Crippen molar-refractivity contribution in [2.45, 2.75) is 151 Å². The number of aryl methyl sites for hydroxylation is 6. The maximum absolute atomic E-state index is 13.9. The topological polar surface area (TPSA) is 211 Å². The van der Waals surface area contributed by atoms with E-state index >= 15 is 0 Å². The molecule has 9 rings (SSSR count). The van der Waals surface area contributed by atoms with Crippen molar-refractivity contribution in [2.75, 3.05) is 51.2 Å². The molecule has 3 N–H and O–H groups in total. The Morgan fingerprint density at radius 2 is 1.23 bits per heavy atom. The molecule has 0 aromatic heterocycles. The summed E-state index contributed by atoms with van der Waals surface area (Å²) < 4.78 is 32.4. The molecule has 5 aliphatic heterocycles. The van der Waals surface area contributed by atoms with Crippen LogP contribution < -0.4 is 16.0 Å². The Kier molecular flexibility index (Phi) is 20.6. The number of Topliss-reactive ketones (excluding diaryl/α,β-unsaturated/α-hetero) is 2. The third-order valence-electron chi connectivity index (χ3n) is 14.1. The number of rotatable bonds is 11. The van der Waals surface area contributed by atoms with Gasteiger partial charge in [0.05, 0.1) is 54.8 Å². The summed E-state index contributed by atoms with van der Waals surface area (Å²) in [4.78, 5) is 82.3. The molecule has 0 spiro atoms. The van der Waals surface area contributed by atoms with Crippen LogP contribution in [0.3, 0.4) is 0 Å². The average Bonchev–Trinajstić information content (AvgIpc) is 4.12.